The van der Waals surface area contributed by atoms with Gasteiger partial charge < -0.3 is 37.2 Å². The predicted molar refractivity (Wildman–Crippen MR) is 252 cm³/mol. The molecule has 0 bridgehead atoms. The molecule has 0 amide bonds. The molecule has 6 aliphatic rings. The Kier molecular flexibility index (Phi) is 22.8. The molecule has 0 aliphatic heterocycles. The molecule has 6 fully saturated rings. The number of benzene rings is 2. The van der Waals surface area contributed by atoms with Crippen LogP contribution in [0.2, 0.25) is 5.02 Å². The van der Waals surface area contributed by atoms with Crippen LogP contribution in [0.4, 0.5) is 11.4 Å². The van der Waals surface area contributed by atoms with Gasteiger partial charge in [-0.2, -0.15) is 0 Å². The Bertz CT molecular complexity index is 1700. The largest absolute Gasteiger partial charge is 3.00 e. The van der Waals surface area contributed by atoms with E-state index in [0.717, 1.165) is 11.4 Å². The smallest absolute Gasteiger partial charge is 1.00 e. The predicted octanol–water partition coefficient (Wildman–Crippen LogP) is 8.53. The van der Waals surface area contributed by atoms with Crippen LogP contribution in [0.5, 0.6) is 0 Å². The van der Waals surface area contributed by atoms with Crippen molar-refractivity contribution in [1.82, 2.24) is 4.98 Å². The minimum atomic E-state index is 0. The number of hydrogen-bond donors (Lipinski definition) is 0. The monoisotopic (exact) mass is 1060 g/mol. The number of nitrogens with zero attached hydrogens (tertiary/aromatic N) is 3. The minimum Gasteiger partial charge on any atom is -1.00 e. The zero-order chi connectivity index (χ0) is 39.8. The number of rotatable bonds is 10. The van der Waals surface area contributed by atoms with Gasteiger partial charge in [0.2, 0.25) is 0 Å². The minimum absolute atomic E-state index is 0. The molecular formula is C55H74Cl4N3Nd. The molecule has 8 heteroatoms. The maximum atomic E-state index is 6.98. The van der Waals surface area contributed by atoms with Crippen molar-refractivity contribution in [3.63, 3.8) is 0 Å². The standard InChI is InChI=1S/C55H74ClN3.3ClH.Nd/c56-47-35-48(37-57-54-50(41-23-11-3-12-24-41)31-45(39-19-7-1-8-20-39)32-51(54)42-25-13-4-14-26-42)59-49(36-47)38-58-55-52(43-27-15-5-16-28-43)33-46(40-21-9-2-10-22-40)34-53(55)44-29-17-6-18-30-44;;;;/h31-44H,1-30H2;3*1H;/q;;;;+3/p-3. The fourth-order valence-corrected chi connectivity index (χ4v) is 13.1. The van der Waals surface area contributed by atoms with E-state index in [1.807, 2.05) is 12.1 Å². The summed E-state index contributed by atoms with van der Waals surface area (Å²) in [6.07, 6.45) is 44.4. The summed E-state index contributed by atoms with van der Waals surface area (Å²) in [6, 6.07) is 14.6. The van der Waals surface area contributed by atoms with Crippen LogP contribution in [0.15, 0.2) is 46.4 Å². The first-order valence-electron chi connectivity index (χ1n) is 25.3. The average molecular weight is 1060 g/mol. The average Bonchev–Trinajstić information content (AvgIpc) is 3.31. The van der Waals surface area contributed by atoms with Crippen molar-refractivity contribution in [3.05, 3.63) is 86.2 Å². The Hall–Kier alpha value is -0.559. The van der Waals surface area contributed by atoms with E-state index in [1.54, 1.807) is 11.1 Å². The van der Waals surface area contributed by atoms with Gasteiger partial charge in [-0.15, -0.1) is 0 Å². The number of pyridine rings is 1. The van der Waals surface area contributed by atoms with E-state index in [4.69, 9.17) is 26.6 Å². The third kappa shape index (κ3) is 13.8. The van der Waals surface area contributed by atoms with E-state index < -0.39 is 0 Å². The third-order valence-corrected chi connectivity index (χ3v) is 16.4. The zero-order valence-electron chi connectivity index (χ0n) is 38.1. The van der Waals surface area contributed by atoms with Gasteiger partial charge in [0.1, 0.15) is 0 Å². The molecule has 0 spiro atoms. The van der Waals surface area contributed by atoms with Crippen LogP contribution >= 0.6 is 11.6 Å². The fourth-order valence-electron chi connectivity index (χ4n) is 12.9. The van der Waals surface area contributed by atoms with Crippen LogP contribution in [0, 0.1) is 40.8 Å². The first-order chi connectivity index (χ1) is 29.2. The first kappa shape index (κ1) is 53.4. The van der Waals surface area contributed by atoms with Gasteiger partial charge in [0.05, 0.1) is 35.2 Å². The van der Waals surface area contributed by atoms with E-state index in [-0.39, 0.29) is 78.1 Å². The Balaban J connectivity index is 0.00000187. The van der Waals surface area contributed by atoms with Crippen molar-refractivity contribution in [3.8, 4) is 0 Å². The van der Waals surface area contributed by atoms with E-state index in [1.165, 1.54) is 226 Å². The molecular weight excluding hydrogens is 989 g/mol. The number of hydrogen-bond acceptors (Lipinski definition) is 3. The van der Waals surface area contributed by atoms with E-state index >= 15 is 0 Å². The van der Waals surface area contributed by atoms with E-state index in [2.05, 4.69) is 36.7 Å². The van der Waals surface area contributed by atoms with Crippen molar-refractivity contribution in [2.75, 3.05) is 0 Å². The van der Waals surface area contributed by atoms with Crippen molar-refractivity contribution in [2.24, 2.45) is 9.98 Å². The first-order valence-corrected chi connectivity index (χ1v) is 25.7. The second kappa shape index (κ2) is 26.8. The molecule has 3 aromatic rings. The van der Waals surface area contributed by atoms with Crippen LogP contribution in [0.25, 0.3) is 0 Å². The van der Waals surface area contributed by atoms with Crippen molar-refractivity contribution < 1.29 is 78.1 Å². The molecule has 1 radical (unpaired) electrons. The maximum absolute atomic E-state index is 6.98. The quantitative estimate of drug-likeness (QED) is 0.188. The van der Waals surface area contributed by atoms with Gasteiger partial charge in [-0.25, -0.2) is 4.98 Å². The Morgan fingerprint density at radius 1 is 0.365 bits per heavy atom. The SMILES string of the molecule is Clc1cc(C=Nc2c(C3CCCCC3)cc(C3CCCCC3)cc2C2CCCCC2)nc(C=Nc2c(C3CCCCC3)cc(C3CCCCC3)cc2C2CCCCC2)c1.[Cl-].[Cl-].[Cl-].[Nd+3]. The number of halogens is 4. The molecule has 0 atom stereocenters. The van der Waals surface area contributed by atoms with Crippen molar-refractivity contribution in [2.45, 2.75) is 228 Å². The molecule has 3 nitrogen and oxygen atoms in total. The Labute approximate surface area is 438 Å². The molecule has 0 N–H and O–H groups in total. The molecule has 1 heterocycles. The van der Waals surface area contributed by atoms with Crippen LogP contribution in [-0.4, -0.2) is 17.4 Å². The van der Waals surface area contributed by atoms with Crippen LogP contribution in [-0.2, 0) is 0 Å². The zero-order valence-corrected chi connectivity index (χ0v) is 44.4. The van der Waals surface area contributed by atoms with Gasteiger partial charge in [0.25, 0.3) is 0 Å². The molecule has 2 aromatic carbocycles. The van der Waals surface area contributed by atoms with Crippen LogP contribution in [0.3, 0.4) is 0 Å². The molecule has 6 aliphatic carbocycles. The van der Waals surface area contributed by atoms with Crippen LogP contribution in [0.1, 0.15) is 273 Å². The summed E-state index contributed by atoms with van der Waals surface area (Å²) in [6.45, 7) is 0. The van der Waals surface area contributed by atoms with Gasteiger partial charge in [0, 0.05) is 5.02 Å². The van der Waals surface area contributed by atoms with Crippen LogP contribution < -0.4 is 37.2 Å². The molecule has 1 aromatic heterocycles. The topological polar surface area (TPSA) is 37.6 Å². The summed E-state index contributed by atoms with van der Waals surface area (Å²) in [5.41, 5.74) is 13.6. The van der Waals surface area contributed by atoms with E-state index in [0.29, 0.717) is 40.5 Å². The Morgan fingerprint density at radius 2 is 0.603 bits per heavy atom. The van der Waals surface area contributed by atoms with Gasteiger partial charge >= 0.3 is 40.8 Å². The number of aromatic nitrogens is 1. The summed E-state index contributed by atoms with van der Waals surface area (Å²) in [4.78, 5) is 16.3. The summed E-state index contributed by atoms with van der Waals surface area (Å²) in [7, 11) is 0. The summed E-state index contributed by atoms with van der Waals surface area (Å²) < 4.78 is 0. The maximum Gasteiger partial charge on any atom is 3.00 e. The summed E-state index contributed by atoms with van der Waals surface area (Å²) in [5.74, 6) is 3.86. The molecule has 63 heavy (non-hydrogen) atoms. The van der Waals surface area contributed by atoms with Crippen molar-refractivity contribution >= 4 is 35.4 Å². The molecule has 0 saturated heterocycles. The second-order valence-corrected chi connectivity index (χ2v) is 20.7. The third-order valence-electron chi connectivity index (χ3n) is 16.2. The molecule has 341 valence electrons. The second-order valence-electron chi connectivity index (χ2n) is 20.3. The van der Waals surface area contributed by atoms with Gasteiger partial charge in [-0.1, -0.05) is 151 Å². The van der Waals surface area contributed by atoms with Crippen molar-refractivity contribution in [1.29, 1.82) is 0 Å². The normalized spacial score (nSPS) is 21.7. The fraction of sp³-hybridized carbons (Fsp3) is 0.655. The van der Waals surface area contributed by atoms with Gasteiger partial charge in [-0.3, -0.25) is 9.98 Å². The molecule has 0 unspecified atom stereocenters. The summed E-state index contributed by atoms with van der Waals surface area (Å²) >= 11 is 6.98. The molecule has 6 saturated carbocycles. The molecule has 9 rings (SSSR count). The summed E-state index contributed by atoms with van der Waals surface area (Å²) in [5, 5.41) is 0.711. The van der Waals surface area contributed by atoms with Gasteiger partial charge in [0.15, 0.2) is 0 Å². The van der Waals surface area contributed by atoms with E-state index in [9.17, 15) is 0 Å². The number of aliphatic imine (C=N–C) groups is 2. The Morgan fingerprint density at radius 3 is 0.857 bits per heavy atom. The van der Waals surface area contributed by atoms with Gasteiger partial charge in [-0.05, 0) is 158 Å².